The van der Waals surface area contributed by atoms with Gasteiger partial charge in [-0.2, -0.15) is 0 Å². The summed E-state index contributed by atoms with van der Waals surface area (Å²) in [5, 5.41) is 21.9. The number of carbonyl (C=O) groups is 1. The van der Waals surface area contributed by atoms with Gasteiger partial charge in [0, 0.05) is 0 Å². The van der Waals surface area contributed by atoms with Crippen LogP contribution in [0, 0.1) is 0 Å². The van der Waals surface area contributed by atoms with Crippen molar-refractivity contribution < 1.29 is 19.7 Å². The summed E-state index contributed by atoms with van der Waals surface area (Å²) < 4.78 is 4.56. The second-order valence-corrected chi connectivity index (χ2v) is 3.72. The summed E-state index contributed by atoms with van der Waals surface area (Å²) in [6, 6.07) is 7.65. The van der Waals surface area contributed by atoms with Crippen LogP contribution >= 0.6 is 0 Å². The monoisotopic (exact) mass is 260 g/mol. The Balaban J connectivity index is 2.30. The van der Waals surface area contributed by atoms with Crippen LogP contribution in [0.4, 0.5) is 11.5 Å². The van der Waals surface area contributed by atoms with E-state index in [2.05, 4.69) is 15.0 Å². The van der Waals surface area contributed by atoms with Gasteiger partial charge in [0.15, 0.2) is 5.75 Å². The number of ether oxygens (including phenoxy) is 1. The van der Waals surface area contributed by atoms with E-state index in [9.17, 15) is 9.90 Å². The summed E-state index contributed by atoms with van der Waals surface area (Å²) in [6.45, 7) is 0. The van der Waals surface area contributed by atoms with Gasteiger partial charge in [0.05, 0.1) is 19.0 Å². The standard InChI is InChI=1S/C13H12N2O4/c1-19-13(18)9-3-2-4-10(12(9)17)15-11-6-5-8(16)7-14-11/h2-7,16-17H,1H3,(H,14,15). The van der Waals surface area contributed by atoms with E-state index < -0.39 is 5.97 Å². The molecule has 0 amide bonds. The maximum absolute atomic E-state index is 11.4. The molecule has 19 heavy (non-hydrogen) atoms. The Morgan fingerprint density at radius 2 is 2.05 bits per heavy atom. The van der Waals surface area contributed by atoms with Gasteiger partial charge in [0.2, 0.25) is 0 Å². The molecule has 2 rings (SSSR count). The van der Waals surface area contributed by atoms with Crippen molar-refractivity contribution in [1.29, 1.82) is 0 Å². The van der Waals surface area contributed by atoms with Crippen LogP contribution in [0.3, 0.4) is 0 Å². The van der Waals surface area contributed by atoms with Crippen LogP contribution in [-0.2, 0) is 4.74 Å². The molecule has 0 radical (unpaired) electrons. The minimum Gasteiger partial charge on any atom is -0.506 e. The van der Waals surface area contributed by atoms with Crippen molar-refractivity contribution >= 4 is 17.5 Å². The molecule has 0 unspecified atom stereocenters. The van der Waals surface area contributed by atoms with Crippen molar-refractivity contribution in [1.82, 2.24) is 4.98 Å². The first-order chi connectivity index (χ1) is 9.11. The van der Waals surface area contributed by atoms with Crippen LogP contribution in [0.15, 0.2) is 36.5 Å². The zero-order chi connectivity index (χ0) is 13.8. The third-order valence-electron chi connectivity index (χ3n) is 2.45. The highest BCUT2D eigenvalue weighted by molar-refractivity contribution is 5.94. The van der Waals surface area contributed by atoms with Crippen molar-refractivity contribution in [2.45, 2.75) is 0 Å². The summed E-state index contributed by atoms with van der Waals surface area (Å²) in [7, 11) is 1.24. The number of pyridine rings is 1. The number of para-hydroxylation sites is 1. The van der Waals surface area contributed by atoms with Gasteiger partial charge >= 0.3 is 5.97 Å². The fourth-order valence-electron chi connectivity index (χ4n) is 1.52. The lowest BCUT2D eigenvalue weighted by Gasteiger charge is -2.10. The molecule has 0 spiro atoms. The number of esters is 1. The Morgan fingerprint density at radius 3 is 2.68 bits per heavy atom. The first-order valence-electron chi connectivity index (χ1n) is 5.44. The fraction of sp³-hybridized carbons (Fsp3) is 0.0769. The van der Waals surface area contributed by atoms with Crippen molar-refractivity contribution in [2.24, 2.45) is 0 Å². The minimum absolute atomic E-state index is 0.0399. The Labute approximate surface area is 109 Å². The van der Waals surface area contributed by atoms with E-state index in [0.717, 1.165) is 0 Å². The van der Waals surface area contributed by atoms with Crippen LogP contribution in [-0.4, -0.2) is 28.3 Å². The first kappa shape index (κ1) is 12.7. The smallest absolute Gasteiger partial charge is 0.341 e. The van der Waals surface area contributed by atoms with E-state index in [1.807, 2.05) is 0 Å². The summed E-state index contributed by atoms with van der Waals surface area (Å²) in [5.74, 6) is -0.378. The molecule has 0 saturated carbocycles. The Bertz CT molecular complexity index is 596. The lowest BCUT2D eigenvalue weighted by molar-refractivity contribution is 0.0597. The zero-order valence-corrected chi connectivity index (χ0v) is 10.1. The Hall–Kier alpha value is -2.76. The normalized spacial score (nSPS) is 9.95. The van der Waals surface area contributed by atoms with Gasteiger partial charge < -0.3 is 20.3 Å². The van der Waals surface area contributed by atoms with Gasteiger partial charge in [-0.05, 0) is 24.3 Å². The third kappa shape index (κ3) is 2.74. The number of hydrogen-bond donors (Lipinski definition) is 3. The number of phenols is 1. The van der Waals surface area contributed by atoms with Crippen LogP contribution < -0.4 is 5.32 Å². The molecule has 0 saturated heterocycles. The highest BCUT2D eigenvalue weighted by atomic mass is 16.5. The van der Waals surface area contributed by atoms with E-state index in [1.165, 1.54) is 25.4 Å². The number of nitrogens with one attached hydrogen (secondary N) is 1. The van der Waals surface area contributed by atoms with Gasteiger partial charge in [-0.15, -0.1) is 0 Å². The molecule has 3 N–H and O–H groups in total. The first-order valence-corrected chi connectivity index (χ1v) is 5.44. The van der Waals surface area contributed by atoms with Gasteiger partial charge in [-0.1, -0.05) is 6.07 Å². The van der Waals surface area contributed by atoms with Gasteiger partial charge in [-0.3, -0.25) is 0 Å². The maximum atomic E-state index is 11.4. The number of aromatic nitrogens is 1. The SMILES string of the molecule is COC(=O)c1cccc(Nc2ccc(O)cn2)c1O. The average molecular weight is 260 g/mol. The predicted octanol–water partition coefficient (Wildman–Crippen LogP) is 2.02. The molecular formula is C13H12N2O4. The number of rotatable bonds is 3. The number of methoxy groups -OCH3 is 1. The number of benzene rings is 1. The molecule has 0 atom stereocenters. The molecule has 1 aromatic heterocycles. The second-order valence-electron chi connectivity index (χ2n) is 3.72. The van der Waals surface area contributed by atoms with Crippen molar-refractivity contribution in [3.8, 4) is 11.5 Å². The average Bonchev–Trinajstić information content (AvgIpc) is 2.43. The predicted molar refractivity (Wildman–Crippen MR) is 68.6 cm³/mol. The molecule has 2 aromatic rings. The molecule has 0 aliphatic carbocycles. The van der Waals surface area contributed by atoms with E-state index in [-0.39, 0.29) is 17.1 Å². The zero-order valence-electron chi connectivity index (χ0n) is 10.1. The lowest BCUT2D eigenvalue weighted by Crippen LogP contribution is -2.03. The van der Waals surface area contributed by atoms with Crippen LogP contribution in [0.25, 0.3) is 0 Å². The van der Waals surface area contributed by atoms with Gasteiger partial charge in [0.1, 0.15) is 17.1 Å². The third-order valence-corrected chi connectivity index (χ3v) is 2.45. The second kappa shape index (κ2) is 5.26. The molecule has 1 heterocycles. The summed E-state index contributed by atoms with van der Waals surface area (Å²) in [4.78, 5) is 15.3. The largest absolute Gasteiger partial charge is 0.506 e. The number of anilines is 2. The number of nitrogens with zero attached hydrogens (tertiary/aromatic N) is 1. The topological polar surface area (TPSA) is 91.7 Å². The molecular weight excluding hydrogens is 248 g/mol. The Kier molecular flexibility index (Phi) is 3.51. The minimum atomic E-state index is -0.625. The molecule has 98 valence electrons. The van der Waals surface area contributed by atoms with Gasteiger partial charge in [-0.25, -0.2) is 9.78 Å². The molecule has 0 bridgehead atoms. The fourth-order valence-corrected chi connectivity index (χ4v) is 1.52. The number of hydrogen-bond acceptors (Lipinski definition) is 6. The van der Waals surface area contributed by atoms with Crippen LogP contribution in [0.2, 0.25) is 0 Å². The van der Waals surface area contributed by atoms with Crippen molar-refractivity contribution in [3.05, 3.63) is 42.1 Å². The summed E-state index contributed by atoms with van der Waals surface area (Å²) in [6.07, 6.45) is 1.27. The molecule has 6 heteroatoms. The van der Waals surface area contributed by atoms with Gasteiger partial charge in [0.25, 0.3) is 0 Å². The highest BCUT2D eigenvalue weighted by Gasteiger charge is 2.14. The van der Waals surface area contributed by atoms with E-state index >= 15 is 0 Å². The quantitative estimate of drug-likeness (QED) is 0.577. The number of phenolic OH excluding ortho intramolecular Hbond substituents is 1. The molecule has 0 aliphatic rings. The summed E-state index contributed by atoms with van der Waals surface area (Å²) in [5.41, 5.74) is 0.382. The molecule has 6 nitrogen and oxygen atoms in total. The van der Waals surface area contributed by atoms with Crippen molar-refractivity contribution in [2.75, 3.05) is 12.4 Å². The van der Waals surface area contributed by atoms with E-state index in [4.69, 9.17) is 5.11 Å². The summed E-state index contributed by atoms with van der Waals surface area (Å²) >= 11 is 0. The number of carbonyl (C=O) groups excluding carboxylic acids is 1. The van der Waals surface area contributed by atoms with Crippen molar-refractivity contribution in [3.63, 3.8) is 0 Å². The van der Waals surface area contributed by atoms with Crippen LogP contribution in [0.5, 0.6) is 11.5 Å². The van der Waals surface area contributed by atoms with E-state index in [0.29, 0.717) is 11.5 Å². The molecule has 0 fully saturated rings. The maximum Gasteiger partial charge on any atom is 0.341 e. The molecule has 1 aromatic carbocycles. The Morgan fingerprint density at radius 1 is 1.26 bits per heavy atom. The van der Waals surface area contributed by atoms with E-state index in [1.54, 1.807) is 18.2 Å². The lowest BCUT2D eigenvalue weighted by atomic mass is 10.1. The number of aromatic hydroxyl groups is 2. The van der Waals surface area contributed by atoms with Crippen LogP contribution in [0.1, 0.15) is 10.4 Å². The molecule has 0 aliphatic heterocycles. The highest BCUT2D eigenvalue weighted by Crippen LogP contribution is 2.30.